The molecule has 3 saturated heterocycles. The highest BCUT2D eigenvalue weighted by Gasteiger charge is 2.36. The summed E-state index contributed by atoms with van der Waals surface area (Å²) in [5.41, 5.74) is 2.29. The zero-order valence-electron chi connectivity index (χ0n) is 18.4. The number of anilines is 2. The normalized spacial score (nSPS) is 23.9. The molecule has 1 aromatic carbocycles. The number of nitriles is 1. The molecule has 0 spiro atoms. The Morgan fingerprint density at radius 2 is 1.91 bits per heavy atom. The summed E-state index contributed by atoms with van der Waals surface area (Å²) in [6, 6.07) is 13.8. The van der Waals surface area contributed by atoms with Crippen molar-refractivity contribution in [2.75, 3.05) is 49.1 Å². The number of fused-ring (bicyclic) bond motifs is 1. The van der Waals surface area contributed by atoms with Crippen LogP contribution in [0, 0.1) is 18.3 Å². The van der Waals surface area contributed by atoms with E-state index in [0.29, 0.717) is 42.0 Å². The summed E-state index contributed by atoms with van der Waals surface area (Å²) in [6.45, 7) is 7.24. The van der Waals surface area contributed by atoms with Gasteiger partial charge in [0.25, 0.3) is 0 Å². The Kier molecular flexibility index (Phi) is 5.56. The third kappa shape index (κ3) is 3.84. The molecular weight excluding hydrogens is 422 g/mol. The molecule has 8 heteroatoms. The quantitative estimate of drug-likeness (QED) is 0.707. The molecule has 0 N–H and O–H groups in total. The van der Waals surface area contributed by atoms with Gasteiger partial charge in [0.2, 0.25) is 0 Å². The number of benzene rings is 1. The molecule has 0 aliphatic carbocycles. The molecule has 0 unspecified atom stereocenters. The number of nitrogens with zero attached hydrogens (tertiary/aromatic N) is 5. The Morgan fingerprint density at radius 3 is 2.72 bits per heavy atom. The van der Waals surface area contributed by atoms with Gasteiger partial charge in [-0.15, -0.1) is 0 Å². The third-order valence-electron chi connectivity index (χ3n) is 7.17. The van der Waals surface area contributed by atoms with E-state index >= 15 is 0 Å². The minimum atomic E-state index is -3.45. The fourth-order valence-corrected chi connectivity index (χ4v) is 7.32. The maximum Gasteiger partial charge on any atom is 0.183 e. The average Bonchev–Trinajstić information content (AvgIpc) is 3.48. The summed E-state index contributed by atoms with van der Waals surface area (Å²) in [4.78, 5) is 11.7. The van der Waals surface area contributed by atoms with E-state index in [1.807, 2.05) is 36.1 Å². The first-order chi connectivity index (χ1) is 15.5. The Balaban J connectivity index is 1.32. The highest BCUT2D eigenvalue weighted by molar-refractivity contribution is 7.92. The smallest absolute Gasteiger partial charge is 0.183 e. The molecule has 2 atom stereocenters. The number of aryl methyl sites for hydroxylation is 1. The number of rotatable bonds is 4. The van der Waals surface area contributed by atoms with E-state index < -0.39 is 15.1 Å². The van der Waals surface area contributed by atoms with Gasteiger partial charge in [0.15, 0.2) is 9.84 Å². The lowest BCUT2D eigenvalue weighted by Gasteiger charge is -2.39. The van der Waals surface area contributed by atoms with Crippen LogP contribution in [0.4, 0.5) is 11.5 Å². The van der Waals surface area contributed by atoms with Crippen molar-refractivity contribution >= 4 is 21.3 Å². The first-order valence-corrected chi connectivity index (χ1v) is 13.0. The highest BCUT2D eigenvalue weighted by Crippen LogP contribution is 2.32. The summed E-state index contributed by atoms with van der Waals surface area (Å²) in [6.07, 6.45) is 3.10. The number of aromatic nitrogens is 1. The van der Waals surface area contributed by atoms with Crippen molar-refractivity contribution in [3.63, 3.8) is 0 Å². The van der Waals surface area contributed by atoms with Gasteiger partial charge in [0, 0.05) is 44.5 Å². The minimum Gasteiger partial charge on any atom is -0.369 e. The molecule has 3 aliphatic rings. The van der Waals surface area contributed by atoms with Gasteiger partial charge in [-0.1, -0.05) is 6.07 Å². The van der Waals surface area contributed by atoms with E-state index in [4.69, 9.17) is 5.26 Å². The average molecular weight is 452 g/mol. The molecule has 168 valence electrons. The monoisotopic (exact) mass is 451 g/mol. The Labute approximate surface area is 190 Å². The van der Waals surface area contributed by atoms with Gasteiger partial charge in [-0.25, -0.2) is 13.4 Å². The van der Waals surface area contributed by atoms with Crippen LogP contribution in [0.2, 0.25) is 0 Å². The van der Waals surface area contributed by atoms with E-state index in [9.17, 15) is 8.42 Å². The SMILES string of the molecule is Cc1cc(N2CCN3CCC[C@H]3C2)ccc1S(=O)(=O)[C@H]1CCN(c2cccc(C#N)n2)C1. The second kappa shape index (κ2) is 8.38. The van der Waals surface area contributed by atoms with Gasteiger partial charge in [0.05, 0.1) is 10.1 Å². The van der Waals surface area contributed by atoms with Crippen LogP contribution in [-0.2, 0) is 9.84 Å². The van der Waals surface area contributed by atoms with Crippen LogP contribution in [0.5, 0.6) is 0 Å². The molecule has 0 amide bonds. The van der Waals surface area contributed by atoms with Gasteiger partial charge >= 0.3 is 0 Å². The van der Waals surface area contributed by atoms with Crippen molar-refractivity contribution in [1.82, 2.24) is 9.88 Å². The second-order valence-electron chi connectivity index (χ2n) is 9.12. The van der Waals surface area contributed by atoms with Gasteiger partial charge < -0.3 is 9.80 Å². The first-order valence-electron chi connectivity index (χ1n) is 11.4. The van der Waals surface area contributed by atoms with Crippen LogP contribution >= 0.6 is 0 Å². The second-order valence-corrected chi connectivity index (χ2v) is 11.3. The zero-order chi connectivity index (χ0) is 22.3. The topological polar surface area (TPSA) is 80.5 Å². The molecule has 4 heterocycles. The van der Waals surface area contributed by atoms with E-state index in [1.165, 1.54) is 19.4 Å². The van der Waals surface area contributed by atoms with Crippen LogP contribution in [0.3, 0.4) is 0 Å². The number of hydrogen-bond acceptors (Lipinski definition) is 7. The summed E-state index contributed by atoms with van der Waals surface area (Å²) < 4.78 is 26.9. The molecule has 7 nitrogen and oxygen atoms in total. The summed E-state index contributed by atoms with van der Waals surface area (Å²) in [5, 5.41) is 8.62. The lowest BCUT2D eigenvalue weighted by atomic mass is 10.1. The van der Waals surface area contributed by atoms with Crippen molar-refractivity contribution < 1.29 is 8.42 Å². The Bertz CT molecular complexity index is 1160. The van der Waals surface area contributed by atoms with Crippen molar-refractivity contribution in [3.8, 4) is 6.07 Å². The molecular formula is C24H29N5O2S. The highest BCUT2D eigenvalue weighted by atomic mass is 32.2. The molecule has 3 aliphatic heterocycles. The van der Waals surface area contributed by atoms with Crippen molar-refractivity contribution in [2.45, 2.75) is 42.4 Å². The minimum absolute atomic E-state index is 0.346. The fraction of sp³-hybridized carbons (Fsp3) is 0.500. The van der Waals surface area contributed by atoms with E-state index in [2.05, 4.69) is 14.8 Å². The summed E-state index contributed by atoms with van der Waals surface area (Å²) in [7, 11) is -3.45. The van der Waals surface area contributed by atoms with Gasteiger partial charge in [0.1, 0.15) is 17.6 Å². The number of sulfone groups is 1. The van der Waals surface area contributed by atoms with Crippen LogP contribution in [-0.4, -0.2) is 68.9 Å². The summed E-state index contributed by atoms with van der Waals surface area (Å²) in [5.74, 6) is 0.667. The van der Waals surface area contributed by atoms with Gasteiger partial charge in [-0.2, -0.15) is 5.26 Å². The van der Waals surface area contributed by atoms with Crippen LogP contribution in [0.15, 0.2) is 41.3 Å². The zero-order valence-corrected chi connectivity index (χ0v) is 19.3. The predicted octanol–water partition coefficient (Wildman–Crippen LogP) is 2.60. The third-order valence-corrected chi connectivity index (χ3v) is 9.51. The predicted molar refractivity (Wildman–Crippen MR) is 125 cm³/mol. The molecule has 5 rings (SSSR count). The van der Waals surface area contributed by atoms with Crippen LogP contribution in [0.1, 0.15) is 30.5 Å². The van der Waals surface area contributed by atoms with Crippen LogP contribution in [0.25, 0.3) is 0 Å². The van der Waals surface area contributed by atoms with Crippen molar-refractivity contribution in [2.24, 2.45) is 0 Å². The Hall–Kier alpha value is -2.63. The Morgan fingerprint density at radius 1 is 1.03 bits per heavy atom. The molecule has 0 saturated carbocycles. The standard InChI is InChI=1S/C24H29N5O2S/c1-18-14-20(28-13-12-27-10-3-5-21(27)16-28)7-8-23(18)32(30,31)22-9-11-29(17-22)24-6-2-4-19(15-25)26-24/h2,4,6-8,14,21-22H,3,5,9-13,16-17H2,1H3/t21-,22-/m0/s1. The van der Waals surface area contributed by atoms with Crippen LogP contribution < -0.4 is 9.80 Å². The van der Waals surface area contributed by atoms with E-state index in [-0.39, 0.29) is 0 Å². The fourth-order valence-electron chi connectivity index (χ4n) is 5.41. The summed E-state index contributed by atoms with van der Waals surface area (Å²) >= 11 is 0. The molecule has 32 heavy (non-hydrogen) atoms. The largest absolute Gasteiger partial charge is 0.369 e. The van der Waals surface area contributed by atoms with Crippen molar-refractivity contribution in [3.05, 3.63) is 47.7 Å². The molecule has 0 bridgehead atoms. The molecule has 0 radical (unpaired) electrons. The number of piperazine rings is 1. The number of hydrogen-bond donors (Lipinski definition) is 0. The maximum atomic E-state index is 13.5. The molecule has 2 aromatic rings. The van der Waals surface area contributed by atoms with Crippen molar-refractivity contribution in [1.29, 1.82) is 5.26 Å². The van der Waals surface area contributed by atoms with E-state index in [0.717, 1.165) is 30.9 Å². The lowest BCUT2D eigenvalue weighted by molar-refractivity contribution is 0.231. The van der Waals surface area contributed by atoms with E-state index in [1.54, 1.807) is 18.2 Å². The maximum absolute atomic E-state index is 13.5. The lowest BCUT2D eigenvalue weighted by Crippen LogP contribution is -2.50. The molecule has 3 fully saturated rings. The first kappa shape index (κ1) is 21.2. The van der Waals surface area contributed by atoms with Gasteiger partial charge in [-0.3, -0.25) is 4.90 Å². The number of pyridine rings is 1. The molecule has 1 aromatic heterocycles. The van der Waals surface area contributed by atoms with Gasteiger partial charge in [-0.05, 0) is 68.6 Å².